The lowest BCUT2D eigenvalue weighted by atomic mass is 9.71. The molecular weight excluding hydrogens is 264 g/mol. The molecule has 3 rings (SSSR count). The minimum atomic E-state index is -0.133. The lowest BCUT2D eigenvalue weighted by molar-refractivity contribution is -0.0592. The van der Waals surface area contributed by atoms with Gasteiger partial charge in [0, 0.05) is 19.0 Å². The second-order valence-electron chi connectivity index (χ2n) is 6.44. The number of amides is 1. The molecule has 2 aliphatic heterocycles. The Labute approximate surface area is 127 Å². The molecule has 2 fully saturated rings. The van der Waals surface area contributed by atoms with Gasteiger partial charge in [-0.05, 0) is 37.8 Å². The van der Waals surface area contributed by atoms with Crippen molar-refractivity contribution in [2.24, 2.45) is 5.92 Å². The molecule has 2 saturated heterocycles. The van der Waals surface area contributed by atoms with Gasteiger partial charge in [0.2, 0.25) is 0 Å². The number of nitrogens with zero attached hydrogens (tertiary/aromatic N) is 1. The maximum Gasteiger partial charge on any atom is 0.410 e. The topological polar surface area (TPSA) is 41.6 Å². The maximum atomic E-state index is 12.4. The molecule has 116 valence electrons. The Kier molecular flexibility index (Phi) is 4.34. The van der Waals surface area contributed by atoms with E-state index in [1.807, 2.05) is 4.90 Å². The fraction of sp³-hybridized carbons (Fsp3) is 0.706. The van der Waals surface area contributed by atoms with Crippen LogP contribution in [0.25, 0.3) is 0 Å². The van der Waals surface area contributed by atoms with Crippen LogP contribution >= 0.6 is 0 Å². The molecule has 1 amide bonds. The Hall–Kier alpha value is -1.29. The highest BCUT2D eigenvalue weighted by atomic mass is 16.6. The highest BCUT2D eigenvalue weighted by Crippen LogP contribution is 2.44. The third-order valence-corrected chi connectivity index (χ3v) is 5.16. The normalized spacial score (nSPS) is 31.2. The third kappa shape index (κ3) is 2.73. The van der Waals surface area contributed by atoms with E-state index in [0.29, 0.717) is 12.5 Å². The summed E-state index contributed by atoms with van der Waals surface area (Å²) in [5.41, 5.74) is 1.16. The van der Waals surface area contributed by atoms with Gasteiger partial charge in [-0.1, -0.05) is 31.6 Å². The first kappa shape index (κ1) is 14.6. The first-order valence-electron chi connectivity index (χ1n) is 8.27. The van der Waals surface area contributed by atoms with E-state index in [1.165, 1.54) is 12.8 Å². The number of allylic oxidation sites excluding steroid dienone is 2. The number of likely N-dealkylation sites (tertiary alicyclic amines) is 1. The van der Waals surface area contributed by atoms with E-state index in [0.717, 1.165) is 44.5 Å². The predicted octanol–water partition coefficient (Wildman–Crippen LogP) is 2.86. The van der Waals surface area contributed by atoms with Crippen LogP contribution in [0.15, 0.2) is 23.8 Å². The highest BCUT2D eigenvalue weighted by Gasteiger charge is 2.56. The van der Waals surface area contributed by atoms with E-state index < -0.39 is 0 Å². The number of nitrogens with one attached hydrogen (secondary N) is 1. The number of carbonyl (C=O) groups excluding carboxylic acids is 1. The average Bonchev–Trinajstić information content (AvgIpc) is 3.02. The van der Waals surface area contributed by atoms with E-state index >= 15 is 0 Å². The van der Waals surface area contributed by atoms with Crippen LogP contribution in [0.3, 0.4) is 0 Å². The Balaban J connectivity index is 1.57. The minimum Gasteiger partial charge on any atom is -0.445 e. The number of ether oxygens (including phenoxy) is 1. The van der Waals surface area contributed by atoms with Gasteiger partial charge in [-0.2, -0.15) is 0 Å². The summed E-state index contributed by atoms with van der Waals surface area (Å²) < 4.78 is 5.54. The molecule has 4 nitrogen and oxygen atoms in total. The third-order valence-electron chi connectivity index (χ3n) is 5.16. The summed E-state index contributed by atoms with van der Waals surface area (Å²) in [7, 11) is 0. The molecule has 0 unspecified atom stereocenters. The molecule has 0 aromatic carbocycles. The summed E-state index contributed by atoms with van der Waals surface area (Å²) in [4.78, 5) is 14.4. The molecule has 1 spiro atoms. The molecular formula is C17H26N2O2. The smallest absolute Gasteiger partial charge is 0.410 e. The molecule has 1 N–H and O–H groups in total. The summed E-state index contributed by atoms with van der Waals surface area (Å²) >= 11 is 0. The van der Waals surface area contributed by atoms with Crippen molar-refractivity contribution in [1.29, 1.82) is 0 Å². The van der Waals surface area contributed by atoms with Crippen LogP contribution in [-0.4, -0.2) is 42.8 Å². The molecule has 0 radical (unpaired) electrons. The van der Waals surface area contributed by atoms with Crippen molar-refractivity contribution in [3.63, 3.8) is 0 Å². The van der Waals surface area contributed by atoms with Crippen molar-refractivity contribution < 1.29 is 9.53 Å². The highest BCUT2D eigenvalue weighted by molar-refractivity contribution is 5.71. The number of hydrogen-bond acceptors (Lipinski definition) is 3. The monoisotopic (exact) mass is 290 g/mol. The van der Waals surface area contributed by atoms with Gasteiger partial charge in [0.15, 0.2) is 0 Å². The van der Waals surface area contributed by atoms with Crippen molar-refractivity contribution >= 4 is 6.09 Å². The van der Waals surface area contributed by atoms with Gasteiger partial charge < -0.3 is 15.0 Å². The van der Waals surface area contributed by atoms with Crippen molar-refractivity contribution in [2.45, 2.75) is 44.6 Å². The zero-order valence-corrected chi connectivity index (χ0v) is 12.9. The van der Waals surface area contributed by atoms with Gasteiger partial charge in [-0.25, -0.2) is 4.79 Å². The first-order chi connectivity index (χ1) is 10.3. The molecule has 21 heavy (non-hydrogen) atoms. The number of carbonyl (C=O) groups is 1. The van der Waals surface area contributed by atoms with Crippen LogP contribution in [0.1, 0.15) is 39.0 Å². The number of hydrogen-bond donors (Lipinski definition) is 1. The Bertz CT molecular complexity index is 450. The number of rotatable bonds is 4. The SMILES string of the molecule is CCC[C@H]1CN(C(=O)OCC2=CCCC=C2)[C@]12CCNC2. The second-order valence-corrected chi connectivity index (χ2v) is 6.44. The van der Waals surface area contributed by atoms with Crippen molar-refractivity contribution in [3.8, 4) is 0 Å². The van der Waals surface area contributed by atoms with Crippen LogP contribution in [0.4, 0.5) is 4.79 Å². The van der Waals surface area contributed by atoms with Crippen molar-refractivity contribution in [3.05, 3.63) is 23.8 Å². The van der Waals surface area contributed by atoms with E-state index in [-0.39, 0.29) is 11.6 Å². The Morgan fingerprint density at radius 2 is 2.43 bits per heavy atom. The first-order valence-corrected chi connectivity index (χ1v) is 8.27. The zero-order valence-electron chi connectivity index (χ0n) is 12.9. The van der Waals surface area contributed by atoms with Gasteiger partial charge in [0.05, 0.1) is 5.54 Å². The van der Waals surface area contributed by atoms with E-state index in [9.17, 15) is 4.79 Å². The zero-order chi connectivity index (χ0) is 14.7. The van der Waals surface area contributed by atoms with Crippen molar-refractivity contribution in [1.82, 2.24) is 10.2 Å². The molecule has 0 aromatic heterocycles. The largest absolute Gasteiger partial charge is 0.445 e. The molecule has 1 aliphatic carbocycles. The molecule has 4 heteroatoms. The van der Waals surface area contributed by atoms with Crippen LogP contribution in [-0.2, 0) is 4.74 Å². The quantitative estimate of drug-likeness (QED) is 0.865. The van der Waals surface area contributed by atoms with Crippen molar-refractivity contribution in [2.75, 3.05) is 26.2 Å². The van der Waals surface area contributed by atoms with Gasteiger partial charge in [0.25, 0.3) is 0 Å². The van der Waals surface area contributed by atoms with Crippen LogP contribution in [0.5, 0.6) is 0 Å². The van der Waals surface area contributed by atoms with Gasteiger partial charge in [-0.3, -0.25) is 0 Å². The molecule has 2 heterocycles. The molecule has 3 aliphatic rings. The van der Waals surface area contributed by atoms with E-state index in [1.54, 1.807) is 0 Å². The summed E-state index contributed by atoms with van der Waals surface area (Å²) in [5.74, 6) is 0.638. The second kappa shape index (κ2) is 6.22. The summed E-state index contributed by atoms with van der Waals surface area (Å²) in [6.07, 6.45) is 11.9. The van der Waals surface area contributed by atoms with Crippen LogP contribution < -0.4 is 5.32 Å². The molecule has 2 atom stereocenters. The molecule has 0 saturated carbocycles. The summed E-state index contributed by atoms with van der Waals surface area (Å²) in [6.45, 7) is 5.43. The van der Waals surface area contributed by atoms with Crippen LogP contribution in [0.2, 0.25) is 0 Å². The van der Waals surface area contributed by atoms with Crippen LogP contribution in [0, 0.1) is 5.92 Å². The van der Waals surface area contributed by atoms with Gasteiger partial charge in [-0.15, -0.1) is 0 Å². The summed E-state index contributed by atoms with van der Waals surface area (Å²) in [6, 6.07) is 0. The lowest BCUT2D eigenvalue weighted by Crippen LogP contribution is -2.70. The van der Waals surface area contributed by atoms with Gasteiger partial charge in [0.1, 0.15) is 6.61 Å². The maximum absolute atomic E-state index is 12.4. The summed E-state index contributed by atoms with van der Waals surface area (Å²) in [5, 5.41) is 3.42. The lowest BCUT2D eigenvalue weighted by Gasteiger charge is -2.56. The average molecular weight is 290 g/mol. The Morgan fingerprint density at radius 3 is 3.10 bits per heavy atom. The molecule has 0 aromatic rings. The standard InChI is InChI=1S/C17H26N2O2/c1-2-6-15-11-19(17(15)9-10-18-13-17)16(20)21-12-14-7-4-3-5-8-14/h4,7-8,15,18H,2-3,5-6,9-13H2,1H3/t15-,17-/m0/s1. The minimum absolute atomic E-state index is 0.0316. The predicted molar refractivity (Wildman–Crippen MR) is 83.1 cm³/mol. The fourth-order valence-corrected chi connectivity index (χ4v) is 3.92. The van der Waals surface area contributed by atoms with Gasteiger partial charge >= 0.3 is 6.09 Å². The Morgan fingerprint density at radius 1 is 1.52 bits per heavy atom. The van der Waals surface area contributed by atoms with E-state index in [2.05, 4.69) is 30.5 Å². The fourth-order valence-electron chi connectivity index (χ4n) is 3.92. The van der Waals surface area contributed by atoms with E-state index in [4.69, 9.17) is 4.74 Å². The molecule has 0 bridgehead atoms.